The quantitative estimate of drug-likeness (QED) is 0.663. The molecule has 0 unspecified atom stereocenters. The Bertz CT molecular complexity index is 615. The van der Waals surface area contributed by atoms with Crippen LogP contribution in [0.4, 0.5) is 17.1 Å². The van der Waals surface area contributed by atoms with Crippen molar-refractivity contribution in [1.29, 1.82) is 0 Å². The average Bonchev–Trinajstić information content (AvgIpc) is 2.43. The van der Waals surface area contributed by atoms with E-state index in [4.69, 9.17) is 22.1 Å². The molecule has 0 heterocycles. The lowest BCUT2D eigenvalue weighted by atomic mass is 10.1. The number of para-hydroxylation sites is 1. The largest absolute Gasteiger partial charge is 0.462 e. The predicted molar refractivity (Wildman–Crippen MR) is 81.5 cm³/mol. The third-order valence-corrected chi connectivity index (χ3v) is 2.95. The second-order valence-electron chi connectivity index (χ2n) is 4.14. The van der Waals surface area contributed by atoms with Crippen LogP contribution in [0.2, 0.25) is 5.02 Å². The normalized spacial score (nSPS) is 10.1. The van der Waals surface area contributed by atoms with Crippen molar-refractivity contribution in [3.05, 3.63) is 53.1 Å². The molecule has 4 nitrogen and oxygen atoms in total. The zero-order chi connectivity index (χ0) is 14.5. The topological polar surface area (TPSA) is 64.3 Å². The number of hydrogen-bond donors (Lipinski definition) is 2. The highest BCUT2D eigenvalue weighted by Crippen LogP contribution is 2.32. The molecule has 0 saturated heterocycles. The number of nitrogens with one attached hydrogen (secondary N) is 1. The van der Waals surface area contributed by atoms with Crippen LogP contribution in [0.3, 0.4) is 0 Å². The lowest BCUT2D eigenvalue weighted by Crippen LogP contribution is -2.09. The van der Waals surface area contributed by atoms with Crippen molar-refractivity contribution >= 4 is 34.6 Å². The summed E-state index contributed by atoms with van der Waals surface area (Å²) in [5.74, 6) is -0.458. The molecule has 0 atom stereocenters. The number of nitrogen functional groups attached to an aromatic ring is 1. The van der Waals surface area contributed by atoms with E-state index >= 15 is 0 Å². The van der Waals surface area contributed by atoms with E-state index in [-0.39, 0.29) is 6.61 Å². The molecule has 0 fully saturated rings. The highest BCUT2D eigenvalue weighted by molar-refractivity contribution is 6.34. The number of esters is 1. The van der Waals surface area contributed by atoms with Gasteiger partial charge in [0.1, 0.15) is 0 Å². The molecule has 0 bridgehead atoms. The third kappa shape index (κ3) is 3.22. The zero-order valence-electron chi connectivity index (χ0n) is 11.0. The number of rotatable bonds is 4. The van der Waals surface area contributed by atoms with E-state index in [9.17, 15) is 4.79 Å². The summed E-state index contributed by atoms with van der Waals surface area (Å²) in [7, 11) is 0. The van der Waals surface area contributed by atoms with Gasteiger partial charge in [-0.25, -0.2) is 4.79 Å². The molecule has 0 radical (unpaired) electrons. The number of carbonyl (C=O) groups excluding carboxylic acids is 1. The maximum atomic E-state index is 12.0. The molecule has 0 aliphatic carbocycles. The molecule has 104 valence electrons. The van der Waals surface area contributed by atoms with Crippen LogP contribution in [-0.2, 0) is 4.74 Å². The van der Waals surface area contributed by atoms with E-state index in [0.717, 1.165) is 5.69 Å². The highest BCUT2D eigenvalue weighted by atomic mass is 35.5. The molecular formula is C15H15ClN2O2. The van der Waals surface area contributed by atoms with Gasteiger partial charge in [0, 0.05) is 11.4 Å². The molecule has 20 heavy (non-hydrogen) atoms. The van der Waals surface area contributed by atoms with Crippen LogP contribution >= 0.6 is 11.6 Å². The third-order valence-electron chi connectivity index (χ3n) is 2.65. The van der Waals surface area contributed by atoms with Crippen LogP contribution in [-0.4, -0.2) is 12.6 Å². The second kappa shape index (κ2) is 6.30. The fourth-order valence-electron chi connectivity index (χ4n) is 1.79. The number of nitrogens with two attached hydrogens (primary N) is 1. The maximum absolute atomic E-state index is 12.0. The van der Waals surface area contributed by atoms with Crippen molar-refractivity contribution in [2.75, 3.05) is 17.7 Å². The molecular weight excluding hydrogens is 276 g/mol. The Labute approximate surface area is 122 Å². The minimum atomic E-state index is -0.458. The number of halogens is 1. The van der Waals surface area contributed by atoms with E-state index in [2.05, 4.69) is 5.32 Å². The Morgan fingerprint density at radius 2 is 2.00 bits per heavy atom. The molecule has 2 aromatic carbocycles. The SMILES string of the molecule is CCOC(=O)c1cc(N)cc(Cl)c1Nc1ccccc1. The first kappa shape index (κ1) is 14.2. The average molecular weight is 291 g/mol. The van der Waals surface area contributed by atoms with Gasteiger partial charge in [-0.1, -0.05) is 29.8 Å². The second-order valence-corrected chi connectivity index (χ2v) is 4.54. The monoisotopic (exact) mass is 290 g/mol. The summed E-state index contributed by atoms with van der Waals surface area (Å²) in [6, 6.07) is 12.6. The summed E-state index contributed by atoms with van der Waals surface area (Å²) in [5, 5.41) is 3.49. The van der Waals surface area contributed by atoms with Gasteiger partial charge >= 0.3 is 5.97 Å². The number of ether oxygens (including phenoxy) is 1. The van der Waals surface area contributed by atoms with Crippen molar-refractivity contribution in [3.8, 4) is 0 Å². The number of carbonyl (C=O) groups is 1. The molecule has 3 N–H and O–H groups in total. The summed E-state index contributed by atoms with van der Waals surface area (Å²) in [4.78, 5) is 12.0. The van der Waals surface area contributed by atoms with E-state index in [1.807, 2.05) is 30.3 Å². The van der Waals surface area contributed by atoms with E-state index in [1.54, 1.807) is 19.1 Å². The summed E-state index contributed by atoms with van der Waals surface area (Å²) >= 11 is 6.18. The van der Waals surface area contributed by atoms with Crippen LogP contribution in [0.1, 0.15) is 17.3 Å². The van der Waals surface area contributed by atoms with E-state index in [0.29, 0.717) is 22.0 Å². The minimum absolute atomic E-state index is 0.288. The summed E-state index contributed by atoms with van der Waals surface area (Å²) < 4.78 is 5.02. The van der Waals surface area contributed by atoms with Crippen LogP contribution in [0.15, 0.2) is 42.5 Å². The first-order valence-electron chi connectivity index (χ1n) is 6.20. The minimum Gasteiger partial charge on any atom is -0.462 e. The van der Waals surface area contributed by atoms with Gasteiger partial charge in [-0.15, -0.1) is 0 Å². The molecule has 0 aliphatic rings. The highest BCUT2D eigenvalue weighted by Gasteiger charge is 2.17. The molecule has 0 spiro atoms. The van der Waals surface area contributed by atoms with Gasteiger partial charge in [-0.2, -0.15) is 0 Å². The Kier molecular flexibility index (Phi) is 4.48. The molecule has 0 aromatic heterocycles. The summed E-state index contributed by atoms with van der Waals surface area (Å²) in [6.45, 7) is 2.03. The zero-order valence-corrected chi connectivity index (χ0v) is 11.8. The molecule has 2 rings (SSSR count). The predicted octanol–water partition coefficient (Wildman–Crippen LogP) is 3.84. The van der Waals surface area contributed by atoms with E-state index < -0.39 is 5.97 Å². The van der Waals surface area contributed by atoms with Crippen molar-refractivity contribution in [1.82, 2.24) is 0 Å². The van der Waals surface area contributed by atoms with Gasteiger partial charge < -0.3 is 15.8 Å². The van der Waals surface area contributed by atoms with Crippen LogP contribution in [0.5, 0.6) is 0 Å². The number of benzene rings is 2. The van der Waals surface area contributed by atoms with Gasteiger partial charge in [0.15, 0.2) is 0 Å². The molecule has 0 amide bonds. The Balaban J connectivity index is 2.42. The van der Waals surface area contributed by atoms with Crippen LogP contribution < -0.4 is 11.1 Å². The number of hydrogen-bond acceptors (Lipinski definition) is 4. The number of anilines is 3. The van der Waals surface area contributed by atoms with E-state index in [1.165, 1.54) is 0 Å². The lowest BCUT2D eigenvalue weighted by molar-refractivity contribution is 0.0527. The Hall–Kier alpha value is -2.20. The van der Waals surface area contributed by atoms with Gasteiger partial charge in [0.05, 0.1) is 22.9 Å². The molecule has 0 saturated carbocycles. The van der Waals surface area contributed by atoms with Crippen molar-refractivity contribution in [2.45, 2.75) is 6.92 Å². The summed E-state index contributed by atoms with van der Waals surface area (Å²) in [6.07, 6.45) is 0. The Morgan fingerprint density at radius 1 is 1.30 bits per heavy atom. The van der Waals surface area contributed by atoms with Crippen molar-refractivity contribution in [2.24, 2.45) is 0 Å². The first-order valence-corrected chi connectivity index (χ1v) is 6.58. The van der Waals surface area contributed by atoms with Gasteiger partial charge in [-0.3, -0.25) is 0 Å². The Morgan fingerprint density at radius 3 is 2.65 bits per heavy atom. The summed E-state index contributed by atoms with van der Waals surface area (Å²) in [5.41, 5.74) is 7.78. The molecule has 5 heteroatoms. The van der Waals surface area contributed by atoms with Crippen LogP contribution in [0, 0.1) is 0 Å². The standard InChI is InChI=1S/C15H15ClN2O2/c1-2-20-15(19)12-8-10(17)9-13(16)14(12)18-11-6-4-3-5-7-11/h3-9,18H,2,17H2,1H3. The van der Waals surface area contributed by atoms with Gasteiger partial charge in [0.25, 0.3) is 0 Å². The van der Waals surface area contributed by atoms with Crippen LogP contribution in [0.25, 0.3) is 0 Å². The van der Waals surface area contributed by atoms with Crippen molar-refractivity contribution in [3.63, 3.8) is 0 Å². The van der Waals surface area contributed by atoms with Crippen molar-refractivity contribution < 1.29 is 9.53 Å². The van der Waals surface area contributed by atoms with Gasteiger partial charge in [0.2, 0.25) is 0 Å². The fraction of sp³-hybridized carbons (Fsp3) is 0.133. The fourth-order valence-corrected chi connectivity index (χ4v) is 2.07. The smallest absolute Gasteiger partial charge is 0.340 e. The maximum Gasteiger partial charge on any atom is 0.340 e. The molecule has 0 aliphatic heterocycles. The first-order chi connectivity index (χ1) is 9.61. The lowest BCUT2D eigenvalue weighted by Gasteiger charge is -2.14. The molecule has 2 aromatic rings. The van der Waals surface area contributed by atoms with Gasteiger partial charge in [-0.05, 0) is 31.2 Å².